The molecule has 6 nitrogen and oxygen atoms in total. The monoisotopic (exact) mass is 358 g/mol. The number of para-hydroxylation sites is 1. The van der Waals surface area contributed by atoms with Crippen LogP contribution in [-0.2, 0) is 6.54 Å². The van der Waals surface area contributed by atoms with Crippen LogP contribution < -0.4 is 10.3 Å². The Labute approximate surface area is 156 Å². The molecule has 1 N–H and O–H groups in total. The molecule has 0 aliphatic rings. The van der Waals surface area contributed by atoms with Crippen LogP contribution >= 0.6 is 0 Å². The van der Waals surface area contributed by atoms with Crippen LogP contribution in [0.15, 0.2) is 78.2 Å². The highest BCUT2D eigenvalue weighted by Crippen LogP contribution is 2.36. The number of benzene rings is 1. The van der Waals surface area contributed by atoms with E-state index in [0.29, 0.717) is 6.54 Å². The summed E-state index contributed by atoms with van der Waals surface area (Å²) in [7, 11) is 1.65. The van der Waals surface area contributed by atoms with Gasteiger partial charge < -0.3 is 14.3 Å². The van der Waals surface area contributed by atoms with Crippen molar-refractivity contribution in [1.82, 2.24) is 19.5 Å². The van der Waals surface area contributed by atoms with Gasteiger partial charge in [0, 0.05) is 42.3 Å². The van der Waals surface area contributed by atoms with Gasteiger partial charge in [0.05, 0.1) is 19.1 Å². The van der Waals surface area contributed by atoms with E-state index in [-0.39, 0.29) is 5.56 Å². The fourth-order valence-corrected chi connectivity index (χ4v) is 3.08. The highest BCUT2D eigenvalue weighted by Gasteiger charge is 2.18. The number of nitrogens with zero attached hydrogens (tertiary/aromatic N) is 3. The van der Waals surface area contributed by atoms with Crippen molar-refractivity contribution in [3.63, 3.8) is 0 Å². The standard InChI is InChI=1S/C21H18N4O2/c1-27-18-5-3-2-4-17(18)20-21(16-6-7-19(26)23-12-16)25(14-24-20)13-15-8-10-22-11-9-15/h2-12,14H,13H2,1H3,(H,23,26). The van der Waals surface area contributed by atoms with E-state index in [2.05, 4.69) is 19.5 Å². The van der Waals surface area contributed by atoms with Gasteiger partial charge in [-0.15, -0.1) is 0 Å². The zero-order chi connectivity index (χ0) is 18.6. The van der Waals surface area contributed by atoms with Gasteiger partial charge in [-0.3, -0.25) is 9.78 Å². The van der Waals surface area contributed by atoms with Gasteiger partial charge in [0.1, 0.15) is 11.4 Å². The molecule has 0 radical (unpaired) electrons. The van der Waals surface area contributed by atoms with E-state index in [1.807, 2.05) is 42.7 Å². The number of hydrogen-bond donors (Lipinski definition) is 1. The van der Waals surface area contributed by atoms with E-state index in [9.17, 15) is 4.79 Å². The zero-order valence-electron chi connectivity index (χ0n) is 14.8. The first-order valence-corrected chi connectivity index (χ1v) is 8.53. The molecular weight excluding hydrogens is 340 g/mol. The second-order valence-corrected chi connectivity index (χ2v) is 6.07. The van der Waals surface area contributed by atoms with Crippen molar-refractivity contribution in [3.05, 3.63) is 89.4 Å². The van der Waals surface area contributed by atoms with Crippen molar-refractivity contribution in [2.24, 2.45) is 0 Å². The lowest BCUT2D eigenvalue weighted by Gasteiger charge is -2.12. The predicted octanol–water partition coefficient (Wildman–Crippen LogP) is 3.36. The first-order valence-electron chi connectivity index (χ1n) is 8.53. The van der Waals surface area contributed by atoms with Crippen molar-refractivity contribution in [2.45, 2.75) is 6.54 Å². The molecule has 0 amide bonds. The lowest BCUT2D eigenvalue weighted by molar-refractivity contribution is 0.416. The summed E-state index contributed by atoms with van der Waals surface area (Å²) >= 11 is 0. The van der Waals surface area contributed by atoms with Crippen molar-refractivity contribution < 1.29 is 4.74 Å². The Morgan fingerprint density at radius 3 is 2.63 bits per heavy atom. The van der Waals surface area contributed by atoms with Crippen molar-refractivity contribution in [2.75, 3.05) is 7.11 Å². The van der Waals surface area contributed by atoms with Crippen molar-refractivity contribution >= 4 is 0 Å². The van der Waals surface area contributed by atoms with Gasteiger partial charge in [-0.1, -0.05) is 12.1 Å². The summed E-state index contributed by atoms with van der Waals surface area (Å²) < 4.78 is 7.58. The Kier molecular flexibility index (Phi) is 4.53. The lowest BCUT2D eigenvalue weighted by Crippen LogP contribution is -2.05. The number of ether oxygens (including phenoxy) is 1. The molecule has 3 aromatic heterocycles. The van der Waals surface area contributed by atoms with Crippen LogP contribution in [0.2, 0.25) is 0 Å². The Hall–Kier alpha value is -3.67. The van der Waals surface area contributed by atoms with Gasteiger partial charge in [0.15, 0.2) is 0 Å². The molecule has 0 bridgehead atoms. The number of H-pyrrole nitrogens is 1. The second-order valence-electron chi connectivity index (χ2n) is 6.07. The number of methoxy groups -OCH3 is 1. The zero-order valence-corrected chi connectivity index (χ0v) is 14.8. The first kappa shape index (κ1) is 16.8. The first-order chi connectivity index (χ1) is 13.3. The van der Waals surface area contributed by atoms with E-state index in [1.54, 1.807) is 31.8 Å². The van der Waals surface area contributed by atoms with Crippen LogP contribution in [0.25, 0.3) is 22.5 Å². The van der Waals surface area contributed by atoms with Crippen LogP contribution in [0.5, 0.6) is 5.75 Å². The summed E-state index contributed by atoms with van der Waals surface area (Å²) in [5.41, 5.74) is 4.45. The number of pyridine rings is 2. The number of hydrogen-bond acceptors (Lipinski definition) is 4. The van der Waals surface area contributed by atoms with E-state index >= 15 is 0 Å². The molecule has 0 aliphatic heterocycles. The van der Waals surface area contributed by atoms with Crippen molar-refractivity contribution in [1.29, 1.82) is 0 Å². The molecule has 1 aromatic carbocycles. The molecule has 0 unspecified atom stereocenters. The van der Waals surface area contributed by atoms with E-state index in [4.69, 9.17) is 4.74 Å². The van der Waals surface area contributed by atoms with Crippen LogP contribution in [-0.4, -0.2) is 26.6 Å². The average molecular weight is 358 g/mol. The van der Waals surface area contributed by atoms with E-state index in [0.717, 1.165) is 33.8 Å². The summed E-state index contributed by atoms with van der Waals surface area (Å²) in [4.78, 5) is 23.0. The highest BCUT2D eigenvalue weighted by atomic mass is 16.5. The third-order valence-corrected chi connectivity index (χ3v) is 4.36. The van der Waals surface area contributed by atoms with Crippen LogP contribution in [0.4, 0.5) is 0 Å². The molecule has 0 aliphatic carbocycles. The van der Waals surface area contributed by atoms with Crippen molar-refractivity contribution in [3.8, 4) is 28.3 Å². The van der Waals surface area contributed by atoms with Crippen LogP contribution in [0, 0.1) is 0 Å². The smallest absolute Gasteiger partial charge is 0.247 e. The number of imidazole rings is 1. The van der Waals surface area contributed by atoms with Gasteiger partial charge in [-0.2, -0.15) is 0 Å². The quantitative estimate of drug-likeness (QED) is 0.594. The molecule has 0 atom stereocenters. The maximum absolute atomic E-state index is 11.5. The summed E-state index contributed by atoms with van der Waals surface area (Å²) in [6, 6.07) is 15.0. The fourth-order valence-electron chi connectivity index (χ4n) is 3.08. The minimum absolute atomic E-state index is 0.141. The van der Waals surface area contributed by atoms with Gasteiger partial charge in [-0.05, 0) is 35.9 Å². The van der Waals surface area contributed by atoms with Gasteiger partial charge >= 0.3 is 0 Å². The molecular formula is C21H18N4O2. The molecule has 0 spiro atoms. The fraction of sp³-hybridized carbons (Fsp3) is 0.0952. The van der Waals surface area contributed by atoms with Crippen LogP contribution in [0.1, 0.15) is 5.56 Å². The molecule has 134 valence electrons. The Morgan fingerprint density at radius 1 is 1.07 bits per heavy atom. The Balaban J connectivity index is 1.89. The lowest BCUT2D eigenvalue weighted by atomic mass is 10.0. The maximum atomic E-state index is 11.5. The summed E-state index contributed by atoms with van der Waals surface area (Å²) in [6.07, 6.45) is 7.06. The molecule has 3 heterocycles. The molecule has 0 saturated heterocycles. The normalized spacial score (nSPS) is 10.7. The second kappa shape index (κ2) is 7.29. The summed E-state index contributed by atoms with van der Waals surface area (Å²) in [5, 5.41) is 0. The summed E-state index contributed by atoms with van der Waals surface area (Å²) in [6.45, 7) is 0.638. The molecule has 0 fully saturated rings. The third kappa shape index (κ3) is 3.37. The molecule has 6 heteroatoms. The summed E-state index contributed by atoms with van der Waals surface area (Å²) in [5.74, 6) is 0.748. The Bertz CT molecular complexity index is 1100. The maximum Gasteiger partial charge on any atom is 0.247 e. The van der Waals surface area contributed by atoms with Gasteiger partial charge in [0.25, 0.3) is 0 Å². The van der Waals surface area contributed by atoms with E-state index in [1.165, 1.54) is 6.07 Å². The minimum atomic E-state index is -0.141. The molecule has 0 saturated carbocycles. The minimum Gasteiger partial charge on any atom is -0.496 e. The molecule has 27 heavy (non-hydrogen) atoms. The highest BCUT2D eigenvalue weighted by molar-refractivity contribution is 5.81. The number of aromatic amines is 1. The van der Waals surface area contributed by atoms with Gasteiger partial charge in [0.2, 0.25) is 5.56 Å². The predicted molar refractivity (Wildman–Crippen MR) is 104 cm³/mol. The third-order valence-electron chi connectivity index (χ3n) is 4.36. The number of rotatable bonds is 5. The van der Waals surface area contributed by atoms with Gasteiger partial charge in [-0.25, -0.2) is 4.98 Å². The van der Waals surface area contributed by atoms with E-state index < -0.39 is 0 Å². The van der Waals surface area contributed by atoms with Crippen LogP contribution in [0.3, 0.4) is 0 Å². The SMILES string of the molecule is COc1ccccc1-c1ncn(Cc2ccncc2)c1-c1ccc(=O)[nH]c1. The largest absolute Gasteiger partial charge is 0.496 e. The number of nitrogens with one attached hydrogen (secondary N) is 1. The molecule has 4 rings (SSSR count). The average Bonchev–Trinajstić information content (AvgIpc) is 3.12. The number of aromatic nitrogens is 4. The molecule has 4 aromatic rings. The topological polar surface area (TPSA) is 72.8 Å². The Morgan fingerprint density at radius 2 is 1.89 bits per heavy atom.